The van der Waals surface area contributed by atoms with E-state index >= 15 is 0 Å². The predicted octanol–water partition coefficient (Wildman–Crippen LogP) is 3.24. The maximum atomic E-state index is 14.2. The van der Waals surface area contributed by atoms with Gasteiger partial charge in [0.05, 0.1) is 6.54 Å². The average Bonchev–Trinajstić information content (AvgIpc) is 3.31. The number of likely N-dealkylation sites (tertiary alicyclic amines) is 1. The number of hydrogen-bond acceptors (Lipinski definition) is 2. The van der Waals surface area contributed by atoms with Gasteiger partial charge in [0.2, 0.25) is 0 Å². The van der Waals surface area contributed by atoms with Crippen molar-refractivity contribution in [2.45, 2.75) is 37.6 Å². The van der Waals surface area contributed by atoms with Gasteiger partial charge in [0.1, 0.15) is 0 Å². The number of piperidine rings is 1. The monoisotopic (exact) mass is 294 g/mol. The van der Waals surface area contributed by atoms with Crippen LogP contribution in [-0.2, 0) is 5.92 Å². The molecule has 1 heterocycles. The highest BCUT2D eigenvalue weighted by Crippen LogP contribution is 2.30. The van der Waals surface area contributed by atoms with Crippen LogP contribution in [0.15, 0.2) is 30.3 Å². The van der Waals surface area contributed by atoms with Crippen LogP contribution in [0.3, 0.4) is 0 Å². The molecule has 0 aromatic heterocycles. The Bertz CT molecular complexity index is 437. The lowest BCUT2D eigenvalue weighted by Gasteiger charge is -2.34. The van der Waals surface area contributed by atoms with Crippen LogP contribution in [0.1, 0.15) is 31.2 Å². The molecule has 1 N–H and O–H groups in total. The minimum Gasteiger partial charge on any atom is -0.314 e. The van der Waals surface area contributed by atoms with Crippen molar-refractivity contribution in [3.05, 3.63) is 35.9 Å². The first-order chi connectivity index (χ1) is 10.1. The second-order valence-corrected chi connectivity index (χ2v) is 6.47. The molecule has 116 valence electrons. The first-order valence-electron chi connectivity index (χ1n) is 8.02. The standard InChI is InChI=1S/C17H24F2N2/c18-17(19,15-4-2-1-3-5-15)13-21-10-8-14(9-11-21)12-20-16-6-7-16/h1-5,14,16,20H,6-13H2. The number of hydrogen-bond donors (Lipinski definition) is 1. The normalized spacial score (nSPS) is 21.6. The van der Waals surface area contributed by atoms with Crippen molar-refractivity contribution in [2.24, 2.45) is 5.92 Å². The van der Waals surface area contributed by atoms with E-state index in [2.05, 4.69) is 5.32 Å². The number of nitrogens with zero attached hydrogens (tertiary/aromatic N) is 1. The third kappa shape index (κ3) is 4.24. The van der Waals surface area contributed by atoms with Crippen LogP contribution in [0.2, 0.25) is 0 Å². The molecule has 0 unspecified atom stereocenters. The molecule has 4 heteroatoms. The molecule has 0 atom stereocenters. The van der Waals surface area contributed by atoms with E-state index in [0.29, 0.717) is 5.92 Å². The minimum atomic E-state index is -2.75. The van der Waals surface area contributed by atoms with Crippen molar-refractivity contribution < 1.29 is 8.78 Å². The Kier molecular flexibility index (Phi) is 4.55. The number of alkyl halides is 2. The quantitative estimate of drug-likeness (QED) is 0.866. The van der Waals surface area contributed by atoms with E-state index in [0.717, 1.165) is 38.5 Å². The molecule has 1 aliphatic heterocycles. The summed E-state index contributed by atoms with van der Waals surface area (Å²) in [6, 6.07) is 8.92. The molecule has 0 bridgehead atoms. The summed E-state index contributed by atoms with van der Waals surface area (Å²) in [5, 5.41) is 3.55. The maximum absolute atomic E-state index is 14.2. The zero-order valence-corrected chi connectivity index (χ0v) is 12.4. The Hall–Kier alpha value is -1.00. The molecule has 1 saturated carbocycles. The molecular formula is C17H24F2N2. The Balaban J connectivity index is 1.45. The van der Waals surface area contributed by atoms with E-state index in [1.165, 1.54) is 25.0 Å². The van der Waals surface area contributed by atoms with Crippen molar-refractivity contribution in [3.8, 4) is 0 Å². The van der Waals surface area contributed by atoms with E-state index in [4.69, 9.17) is 0 Å². The highest BCUT2D eigenvalue weighted by Gasteiger charge is 2.35. The summed E-state index contributed by atoms with van der Waals surface area (Å²) >= 11 is 0. The molecule has 1 aromatic carbocycles. The van der Waals surface area contributed by atoms with Crippen LogP contribution in [0.25, 0.3) is 0 Å². The minimum absolute atomic E-state index is 0.127. The van der Waals surface area contributed by atoms with Gasteiger partial charge in [0, 0.05) is 11.6 Å². The van der Waals surface area contributed by atoms with Crippen LogP contribution in [-0.4, -0.2) is 37.1 Å². The lowest BCUT2D eigenvalue weighted by Crippen LogP contribution is -2.42. The van der Waals surface area contributed by atoms with E-state index in [1.807, 2.05) is 4.90 Å². The summed E-state index contributed by atoms with van der Waals surface area (Å²) in [5.74, 6) is -2.09. The van der Waals surface area contributed by atoms with Crippen LogP contribution >= 0.6 is 0 Å². The second-order valence-electron chi connectivity index (χ2n) is 6.47. The number of halogens is 2. The van der Waals surface area contributed by atoms with Gasteiger partial charge in [-0.15, -0.1) is 0 Å². The smallest absolute Gasteiger partial charge is 0.285 e. The molecule has 1 aliphatic carbocycles. The fourth-order valence-electron chi connectivity index (χ4n) is 3.02. The molecule has 3 rings (SSSR count). The van der Waals surface area contributed by atoms with Gasteiger partial charge in [-0.25, -0.2) is 0 Å². The largest absolute Gasteiger partial charge is 0.314 e. The molecule has 1 aromatic rings. The summed E-state index contributed by atoms with van der Waals surface area (Å²) in [4.78, 5) is 1.92. The van der Waals surface area contributed by atoms with E-state index in [-0.39, 0.29) is 12.1 Å². The number of rotatable bonds is 6. The predicted molar refractivity (Wildman–Crippen MR) is 80.5 cm³/mol. The lowest BCUT2D eigenvalue weighted by atomic mass is 9.96. The average molecular weight is 294 g/mol. The SMILES string of the molecule is FC(F)(CN1CCC(CNC2CC2)CC1)c1ccccc1. The first-order valence-corrected chi connectivity index (χ1v) is 8.02. The highest BCUT2D eigenvalue weighted by molar-refractivity contribution is 5.20. The summed E-state index contributed by atoms with van der Waals surface area (Å²) < 4.78 is 28.5. The highest BCUT2D eigenvalue weighted by atomic mass is 19.3. The molecule has 1 saturated heterocycles. The molecule has 2 aliphatic rings. The molecule has 21 heavy (non-hydrogen) atoms. The van der Waals surface area contributed by atoms with Crippen molar-refractivity contribution in [2.75, 3.05) is 26.2 Å². The van der Waals surface area contributed by atoms with Crippen LogP contribution < -0.4 is 5.32 Å². The zero-order chi connectivity index (χ0) is 14.7. The van der Waals surface area contributed by atoms with Crippen LogP contribution in [0.5, 0.6) is 0 Å². The molecule has 2 nitrogen and oxygen atoms in total. The Morgan fingerprint density at radius 3 is 2.33 bits per heavy atom. The summed E-state index contributed by atoms with van der Waals surface area (Å²) in [5.41, 5.74) is 0.127. The van der Waals surface area contributed by atoms with E-state index < -0.39 is 5.92 Å². The van der Waals surface area contributed by atoms with E-state index in [9.17, 15) is 8.78 Å². The Labute approximate surface area is 125 Å². The van der Waals surface area contributed by atoms with Gasteiger partial charge in [0.25, 0.3) is 5.92 Å². The van der Waals surface area contributed by atoms with Crippen molar-refractivity contribution in [3.63, 3.8) is 0 Å². The van der Waals surface area contributed by atoms with Gasteiger partial charge >= 0.3 is 0 Å². The maximum Gasteiger partial charge on any atom is 0.285 e. The van der Waals surface area contributed by atoms with Crippen LogP contribution in [0, 0.1) is 5.92 Å². The van der Waals surface area contributed by atoms with E-state index in [1.54, 1.807) is 18.2 Å². The molecule has 0 spiro atoms. The first kappa shape index (κ1) is 14.9. The fourth-order valence-corrected chi connectivity index (χ4v) is 3.02. The van der Waals surface area contributed by atoms with Crippen LogP contribution in [0.4, 0.5) is 8.78 Å². The fraction of sp³-hybridized carbons (Fsp3) is 0.647. The van der Waals surface area contributed by atoms with Gasteiger partial charge in [-0.3, -0.25) is 4.90 Å². The summed E-state index contributed by atoms with van der Waals surface area (Å²) in [7, 11) is 0. The third-order valence-electron chi connectivity index (χ3n) is 4.60. The second kappa shape index (κ2) is 6.41. The zero-order valence-electron chi connectivity index (χ0n) is 12.4. The molecule has 2 fully saturated rings. The van der Waals surface area contributed by atoms with Crippen molar-refractivity contribution in [1.29, 1.82) is 0 Å². The van der Waals surface area contributed by atoms with Gasteiger partial charge in [-0.1, -0.05) is 30.3 Å². The lowest BCUT2D eigenvalue weighted by molar-refractivity contribution is -0.0445. The Morgan fingerprint density at radius 2 is 1.71 bits per heavy atom. The van der Waals surface area contributed by atoms with Gasteiger partial charge in [0.15, 0.2) is 0 Å². The molecule has 0 radical (unpaired) electrons. The van der Waals surface area contributed by atoms with Gasteiger partial charge in [-0.05, 0) is 51.2 Å². The summed E-state index contributed by atoms with van der Waals surface area (Å²) in [6.45, 7) is 2.49. The van der Waals surface area contributed by atoms with Crippen molar-refractivity contribution in [1.82, 2.24) is 10.2 Å². The number of nitrogens with one attached hydrogen (secondary N) is 1. The topological polar surface area (TPSA) is 15.3 Å². The Morgan fingerprint density at radius 1 is 1.05 bits per heavy atom. The van der Waals surface area contributed by atoms with Gasteiger partial charge in [-0.2, -0.15) is 8.78 Å². The third-order valence-corrected chi connectivity index (χ3v) is 4.60. The number of benzene rings is 1. The van der Waals surface area contributed by atoms with Gasteiger partial charge < -0.3 is 5.32 Å². The summed E-state index contributed by atoms with van der Waals surface area (Å²) in [6.07, 6.45) is 4.68. The molecular weight excluding hydrogens is 270 g/mol. The molecule has 0 amide bonds. The van der Waals surface area contributed by atoms with Crippen molar-refractivity contribution >= 4 is 0 Å².